The van der Waals surface area contributed by atoms with E-state index in [0.717, 1.165) is 15.6 Å². The Hall–Kier alpha value is -2.08. The molecular formula is C20H18BrClN2O2. The molecule has 0 aliphatic carbocycles. The number of aromatic hydroxyl groups is 1. The van der Waals surface area contributed by atoms with Gasteiger partial charge in [-0.05, 0) is 42.0 Å². The summed E-state index contributed by atoms with van der Waals surface area (Å²) in [5, 5.41) is 14.2. The number of ether oxygens (including phenoxy) is 1. The van der Waals surface area contributed by atoms with Crippen molar-refractivity contribution in [2.24, 2.45) is 0 Å². The Morgan fingerprint density at radius 3 is 2.69 bits per heavy atom. The van der Waals surface area contributed by atoms with Gasteiger partial charge in [-0.3, -0.25) is 0 Å². The van der Waals surface area contributed by atoms with Gasteiger partial charge in [-0.2, -0.15) is 0 Å². The van der Waals surface area contributed by atoms with Crippen LogP contribution >= 0.6 is 27.5 Å². The lowest BCUT2D eigenvalue weighted by Gasteiger charge is -2.13. The van der Waals surface area contributed by atoms with Crippen molar-refractivity contribution in [2.75, 3.05) is 25.6 Å². The molecule has 26 heavy (non-hydrogen) atoms. The van der Waals surface area contributed by atoms with E-state index in [9.17, 15) is 5.11 Å². The van der Waals surface area contributed by atoms with Crippen LogP contribution in [0.25, 0.3) is 22.4 Å². The lowest BCUT2D eigenvalue weighted by Crippen LogP contribution is -2.09. The Bertz CT molecular complexity index is 918. The molecule has 0 aliphatic rings. The van der Waals surface area contributed by atoms with E-state index in [1.54, 1.807) is 19.2 Å². The van der Waals surface area contributed by atoms with E-state index in [-0.39, 0.29) is 5.75 Å². The normalized spacial score (nSPS) is 10.7. The summed E-state index contributed by atoms with van der Waals surface area (Å²) < 4.78 is 5.95. The molecule has 134 valence electrons. The van der Waals surface area contributed by atoms with E-state index >= 15 is 0 Å². The Balaban J connectivity index is 2.11. The number of anilines is 1. The second kappa shape index (κ2) is 8.54. The van der Waals surface area contributed by atoms with Crippen LogP contribution in [0.2, 0.25) is 5.02 Å². The predicted octanol–water partition coefficient (Wildman–Crippen LogP) is 5.60. The number of methoxy groups -OCH3 is 1. The molecule has 4 nitrogen and oxygen atoms in total. The number of hydrogen-bond acceptors (Lipinski definition) is 4. The van der Waals surface area contributed by atoms with Gasteiger partial charge in [-0.1, -0.05) is 45.7 Å². The molecule has 6 heteroatoms. The van der Waals surface area contributed by atoms with E-state index in [1.165, 1.54) is 0 Å². The van der Waals surface area contributed by atoms with Crippen LogP contribution in [0.5, 0.6) is 5.75 Å². The van der Waals surface area contributed by atoms with Crippen molar-refractivity contribution in [3.8, 4) is 28.1 Å². The molecule has 0 fully saturated rings. The number of halogens is 2. The number of rotatable bonds is 6. The Morgan fingerprint density at radius 1 is 1.12 bits per heavy atom. The third kappa shape index (κ3) is 4.36. The number of nitrogens with one attached hydrogen (secondary N) is 1. The van der Waals surface area contributed by atoms with Gasteiger partial charge in [0.1, 0.15) is 11.6 Å². The van der Waals surface area contributed by atoms with Crippen molar-refractivity contribution in [3.63, 3.8) is 0 Å². The SMILES string of the molecule is COCCNc1cc(-c2ccccc2Cl)cc(-c2cc(Br)ccc2O)n1. The summed E-state index contributed by atoms with van der Waals surface area (Å²) in [6.07, 6.45) is 0. The second-order valence-corrected chi connectivity index (χ2v) is 7.01. The van der Waals surface area contributed by atoms with Gasteiger partial charge >= 0.3 is 0 Å². The molecule has 0 radical (unpaired) electrons. The second-order valence-electron chi connectivity index (χ2n) is 5.69. The highest BCUT2D eigenvalue weighted by molar-refractivity contribution is 9.10. The fraction of sp³-hybridized carbons (Fsp3) is 0.150. The van der Waals surface area contributed by atoms with E-state index in [0.29, 0.717) is 35.2 Å². The Labute approximate surface area is 165 Å². The lowest BCUT2D eigenvalue weighted by atomic mass is 10.0. The summed E-state index contributed by atoms with van der Waals surface area (Å²) in [6.45, 7) is 1.19. The van der Waals surface area contributed by atoms with Gasteiger partial charge < -0.3 is 15.2 Å². The number of pyridine rings is 1. The standard InChI is InChI=1S/C20H18BrClN2O2/c1-26-9-8-23-20-11-13(15-4-2-3-5-17(15)22)10-18(24-20)16-12-14(21)6-7-19(16)25/h2-7,10-12,25H,8-9H2,1H3,(H,23,24). The topological polar surface area (TPSA) is 54.4 Å². The molecule has 0 unspecified atom stereocenters. The molecular weight excluding hydrogens is 416 g/mol. The minimum atomic E-state index is 0.167. The number of nitrogens with zero attached hydrogens (tertiary/aromatic N) is 1. The fourth-order valence-corrected chi connectivity index (χ4v) is 3.21. The summed E-state index contributed by atoms with van der Waals surface area (Å²) in [5.41, 5.74) is 3.12. The van der Waals surface area contributed by atoms with Gasteiger partial charge in [-0.15, -0.1) is 0 Å². The summed E-state index contributed by atoms with van der Waals surface area (Å²) in [4.78, 5) is 4.64. The Kier molecular flexibility index (Phi) is 6.14. The molecule has 0 spiro atoms. The van der Waals surface area contributed by atoms with Crippen molar-refractivity contribution in [1.29, 1.82) is 0 Å². The summed E-state index contributed by atoms with van der Waals surface area (Å²) in [7, 11) is 1.65. The molecule has 0 bridgehead atoms. The average Bonchev–Trinajstić information content (AvgIpc) is 2.64. The average molecular weight is 434 g/mol. The van der Waals surface area contributed by atoms with Crippen molar-refractivity contribution in [2.45, 2.75) is 0 Å². The highest BCUT2D eigenvalue weighted by Gasteiger charge is 2.12. The smallest absolute Gasteiger partial charge is 0.127 e. The zero-order chi connectivity index (χ0) is 18.5. The zero-order valence-electron chi connectivity index (χ0n) is 14.2. The fourth-order valence-electron chi connectivity index (χ4n) is 2.60. The third-order valence-electron chi connectivity index (χ3n) is 3.86. The molecule has 0 amide bonds. The van der Waals surface area contributed by atoms with Gasteiger partial charge in [0.05, 0.1) is 12.3 Å². The highest BCUT2D eigenvalue weighted by Crippen LogP contribution is 2.36. The van der Waals surface area contributed by atoms with Crippen molar-refractivity contribution in [3.05, 3.63) is 64.1 Å². The third-order valence-corrected chi connectivity index (χ3v) is 4.68. The van der Waals surface area contributed by atoms with Crippen molar-refractivity contribution < 1.29 is 9.84 Å². The number of phenolic OH excluding ortho intramolecular Hbond substituents is 1. The van der Waals surface area contributed by atoms with Gasteiger partial charge in [-0.25, -0.2) is 4.98 Å². The van der Waals surface area contributed by atoms with Crippen LogP contribution < -0.4 is 5.32 Å². The molecule has 3 aromatic rings. The van der Waals surface area contributed by atoms with Gasteiger partial charge in [0.15, 0.2) is 0 Å². The molecule has 1 aromatic heterocycles. The van der Waals surface area contributed by atoms with Gasteiger partial charge in [0.2, 0.25) is 0 Å². The largest absolute Gasteiger partial charge is 0.507 e. The van der Waals surface area contributed by atoms with Crippen molar-refractivity contribution in [1.82, 2.24) is 4.98 Å². The monoisotopic (exact) mass is 432 g/mol. The maximum atomic E-state index is 10.3. The van der Waals surface area contributed by atoms with Crippen LogP contribution in [-0.4, -0.2) is 30.4 Å². The quantitative estimate of drug-likeness (QED) is 0.497. The molecule has 2 N–H and O–H groups in total. The number of phenols is 1. The number of benzene rings is 2. The predicted molar refractivity (Wildman–Crippen MR) is 110 cm³/mol. The highest BCUT2D eigenvalue weighted by atomic mass is 79.9. The first-order valence-electron chi connectivity index (χ1n) is 8.07. The summed E-state index contributed by atoms with van der Waals surface area (Å²) in [5.74, 6) is 0.855. The first-order valence-corrected chi connectivity index (χ1v) is 9.24. The van der Waals surface area contributed by atoms with E-state index in [4.69, 9.17) is 16.3 Å². The van der Waals surface area contributed by atoms with Crippen LogP contribution in [0.3, 0.4) is 0 Å². The Morgan fingerprint density at radius 2 is 1.92 bits per heavy atom. The van der Waals surface area contributed by atoms with Crippen LogP contribution in [0, 0.1) is 0 Å². The minimum Gasteiger partial charge on any atom is -0.507 e. The van der Waals surface area contributed by atoms with E-state index < -0.39 is 0 Å². The van der Waals surface area contributed by atoms with Gasteiger partial charge in [0.25, 0.3) is 0 Å². The number of aromatic nitrogens is 1. The summed E-state index contributed by atoms with van der Waals surface area (Å²) >= 11 is 9.82. The molecule has 3 rings (SSSR count). The summed E-state index contributed by atoms with van der Waals surface area (Å²) in [6, 6.07) is 16.8. The van der Waals surface area contributed by atoms with Gasteiger partial charge in [0, 0.05) is 34.3 Å². The van der Waals surface area contributed by atoms with Crippen LogP contribution in [0.4, 0.5) is 5.82 Å². The number of hydrogen-bond donors (Lipinski definition) is 2. The molecule has 0 saturated heterocycles. The minimum absolute atomic E-state index is 0.167. The van der Waals surface area contributed by atoms with E-state index in [2.05, 4.69) is 26.2 Å². The maximum Gasteiger partial charge on any atom is 0.127 e. The lowest BCUT2D eigenvalue weighted by molar-refractivity contribution is 0.210. The first-order chi connectivity index (χ1) is 12.6. The first kappa shape index (κ1) is 18.7. The van der Waals surface area contributed by atoms with Crippen LogP contribution in [0.15, 0.2) is 59.1 Å². The van der Waals surface area contributed by atoms with Crippen molar-refractivity contribution >= 4 is 33.3 Å². The molecule has 0 atom stereocenters. The molecule has 0 saturated carbocycles. The molecule has 0 aliphatic heterocycles. The molecule has 1 heterocycles. The van der Waals surface area contributed by atoms with Crippen LogP contribution in [0.1, 0.15) is 0 Å². The zero-order valence-corrected chi connectivity index (χ0v) is 16.5. The maximum absolute atomic E-state index is 10.3. The van der Waals surface area contributed by atoms with E-state index in [1.807, 2.05) is 42.5 Å². The molecule has 2 aromatic carbocycles. The van der Waals surface area contributed by atoms with Crippen LogP contribution in [-0.2, 0) is 4.74 Å².